The van der Waals surface area contributed by atoms with Crippen molar-refractivity contribution in [1.29, 1.82) is 0 Å². The Morgan fingerprint density at radius 3 is 1.88 bits per heavy atom. The lowest BCUT2D eigenvalue weighted by Gasteiger charge is -2.08. The van der Waals surface area contributed by atoms with Gasteiger partial charge in [-0.15, -0.1) is 0 Å². The van der Waals surface area contributed by atoms with E-state index >= 15 is 0 Å². The molecular weight excluding hydrogens is 208 g/mol. The van der Waals surface area contributed by atoms with Gasteiger partial charge in [-0.05, 0) is 12.8 Å². The van der Waals surface area contributed by atoms with E-state index < -0.39 is 0 Å². The second-order valence-electron chi connectivity index (χ2n) is 5.38. The van der Waals surface area contributed by atoms with Crippen LogP contribution in [0.5, 0.6) is 0 Å². The number of carbonyl (C=O) groups excluding carboxylic acids is 1. The Balaban J connectivity index is 3.24. The Hall–Kier alpha value is -0.330. The van der Waals surface area contributed by atoms with Gasteiger partial charge in [0.05, 0.1) is 0 Å². The smallest absolute Gasteiger partial charge is 0.135 e. The Bertz CT molecular complexity index is 174. The van der Waals surface area contributed by atoms with Crippen LogP contribution in [0, 0.1) is 5.92 Å². The van der Waals surface area contributed by atoms with Crippen LogP contribution in [0.15, 0.2) is 0 Å². The number of rotatable bonds is 12. The highest BCUT2D eigenvalue weighted by molar-refractivity contribution is 5.80. The molecule has 0 aliphatic carbocycles. The van der Waals surface area contributed by atoms with Crippen LogP contribution >= 0.6 is 0 Å². The van der Waals surface area contributed by atoms with Crippen LogP contribution in [0.4, 0.5) is 0 Å². The predicted octanol–water partition coefficient (Wildman–Crippen LogP) is 5.52. The molecule has 1 unspecified atom stereocenters. The summed E-state index contributed by atoms with van der Waals surface area (Å²) in [6, 6.07) is 0. The summed E-state index contributed by atoms with van der Waals surface area (Å²) in [5, 5.41) is 0. The van der Waals surface area contributed by atoms with Crippen LogP contribution < -0.4 is 0 Å². The molecule has 0 spiro atoms. The summed E-state index contributed by atoms with van der Waals surface area (Å²) in [5.74, 6) is 0.780. The fourth-order valence-corrected chi connectivity index (χ4v) is 2.27. The van der Waals surface area contributed by atoms with Crippen molar-refractivity contribution < 1.29 is 4.79 Å². The van der Waals surface area contributed by atoms with Crippen LogP contribution in [-0.4, -0.2) is 5.78 Å². The summed E-state index contributed by atoms with van der Waals surface area (Å²) < 4.78 is 0. The van der Waals surface area contributed by atoms with Gasteiger partial charge in [-0.3, -0.25) is 4.79 Å². The molecule has 1 heteroatoms. The Morgan fingerprint density at radius 2 is 1.35 bits per heavy atom. The second-order valence-corrected chi connectivity index (χ2v) is 5.38. The molecule has 0 saturated heterocycles. The maximum Gasteiger partial charge on any atom is 0.135 e. The Labute approximate surface area is 108 Å². The van der Waals surface area contributed by atoms with E-state index in [1.165, 1.54) is 44.9 Å². The molecule has 0 heterocycles. The minimum Gasteiger partial charge on any atom is -0.299 e. The number of ketones is 1. The summed E-state index contributed by atoms with van der Waals surface area (Å²) in [4.78, 5) is 11.7. The summed E-state index contributed by atoms with van der Waals surface area (Å²) in [6.07, 6.45) is 13.5. The van der Waals surface area contributed by atoms with Crippen LogP contribution in [0.25, 0.3) is 0 Å². The van der Waals surface area contributed by atoms with Crippen LogP contribution in [0.3, 0.4) is 0 Å². The average molecular weight is 240 g/mol. The van der Waals surface area contributed by atoms with E-state index in [9.17, 15) is 4.79 Å². The fourth-order valence-electron chi connectivity index (χ4n) is 2.27. The van der Waals surface area contributed by atoms with Crippen molar-refractivity contribution in [2.75, 3.05) is 0 Å². The zero-order valence-electron chi connectivity index (χ0n) is 12.3. The molecule has 0 bridgehead atoms. The molecule has 0 saturated carbocycles. The molecule has 0 N–H and O–H groups in total. The highest BCUT2D eigenvalue weighted by Gasteiger charge is 2.10. The summed E-state index contributed by atoms with van der Waals surface area (Å²) in [6.45, 7) is 6.49. The molecule has 0 radical (unpaired) electrons. The highest BCUT2D eigenvalue weighted by atomic mass is 16.1. The van der Waals surface area contributed by atoms with E-state index in [1.54, 1.807) is 0 Å². The zero-order chi connectivity index (χ0) is 12.9. The van der Waals surface area contributed by atoms with E-state index in [1.807, 2.05) is 0 Å². The summed E-state index contributed by atoms with van der Waals surface area (Å²) in [7, 11) is 0. The van der Waals surface area contributed by atoms with Crippen LogP contribution in [-0.2, 0) is 4.79 Å². The molecule has 0 aromatic rings. The van der Waals surface area contributed by atoms with Gasteiger partial charge in [0.15, 0.2) is 0 Å². The molecule has 17 heavy (non-hydrogen) atoms. The number of carbonyl (C=O) groups is 1. The monoisotopic (exact) mass is 240 g/mol. The van der Waals surface area contributed by atoms with Crippen molar-refractivity contribution in [1.82, 2.24) is 0 Å². The third kappa shape index (κ3) is 10.5. The maximum absolute atomic E-state index is 11.7. The largest absolute Gasteiger partial charge is 0.299 e. The number of unbranched alkanes of at least 4 members (excludes halogenated alkanes) is 7. The molecule has 0 rings (SSSR count). The van der Waals surface area contributed by atoms with Gasteiger partial charge in [0, 0.05) is 12.3 Å². The highest BCUT2D eigenvalue weighted by Crippen LogP contribution is 2.13. The van der Waals surface area contributed by atoms with Gasteiger partial charge < -0.3 is 0 Å². The SMILES string of the molecule is CCCCCCCCCCC(=O)C(C)CCC. The molecule has 1 atom stereocenters. The van der Waals surface area contributed by atoms with Gasteiger partial charge in [0.1, 0.15) is 5.78 Å². The topological polar surface area (TPSA) is 17.1 Å². The van der Waals surface area contributed by atoms with Gasteiger partial charge in [0.2, 0.25) is 0 Å². The third-order valence-corrected chi connectivity index (χ3v) is 3.55. The van der Waals surface area contributed by atoms with Crippen molar-refractivity contribution in [2.24, 2.45) is 5.92 Å². The van der Waals surface area contributed by atoms with Crippen molar-refractivity contribution in [3.05, 3.63) is 0 Å². The van der Waals surface area contributed by atoms with Crippen molar-refractivity contribution >= 4 is 5.78 Å². The third-order valence-electron chi connectivity index (χ3n) is 3.55. The first-order chi connectivity index (χ1) is 8.22. The van der Waals surface area contributed by atoms with Crippen molar-refractivity contribution in [2.45, 2.75) is 91.4 Å². The molecule has 102 valence electrons. The molecule has 0 aliphatic rings. The van der Waals surface area contributed by atoms with Gasteiger partial charge in [-0.1, -0.05) is 72.1 Å². The van der Waals surface area contributed by atoms with Gasteiger partial charge >= 0.3 is 0 Å². The standard InChI is InChI=1S/C16H32O/c1-4-6-7-8-9-10-11-12-14-16(17)15(3)13-5-2/h15H,4-14H2,1-3H3. The van der Waals surface area contributed by atoms with Gasteiger partial charge in [-0.2, -0.15) is 0 Å². The first-order valence-electron chi connectivity index (χ1n) is 7.75. The minimum atomic E-state index is 0.296. The molecule has 0 fully saturated rings. The van der Waals surface area contributed by atoms with E-state index in [0.717, 1.165) is 25.7 Å². The quantitative estimate of drug-likeness (QED) is 0.410. The predicted molar refractivity (Wildman–Crippen MR) is 76.3 cm³/mol. The minimum absolute atomic E-state index is 0.296. The van der Waals surface area contributed by atoms with E-state index in [4.69, 9.17) is 0 Å². The first-order valence-corrected chi connectivity index (χ1v) is 7.75. The van der Waals surface area contributed by atoms with Crippen molar-refractivity contribution in [3.8, 4) is 0 Å². The molecular formula is C16H32O. The zero-order valence-corrected chi connectivity index (χ0v) is 12.3. The Morgan fingerprint density at radius 1 is 0.824 bits per heavy atom. The lowest BCUT2D eigenvalue weighted by Crippen LogP contribution is -2.10. The molecule has 1 nitrogen and oxygen atoms in total. The van der Waals surface area contributed by atoms with Gasteiger partial charge in [-0.25, -0.2) is 0 Å². The maximum atomic E-state index is 11.7. The Kier molecular flexibility index (Phi) is 11.9. The average Bonchev–Trinajstić information content (AvgIpc) is 2.32. The number of hydrogen-bond donors (Lipinski definition) is 0. The number of Topliss-reactive ketones (excluding diaryl/α,β-unsaturated/α-hetero) is 1. The van der Waals surface area contributed by atoms with Gasteiger partial charge in [0.25, 0.3) is 0 Å². The molecule has 0 aromatic carbocycles. The normalized spacial score (nSPS) is 12.6. The van der Waals surface area contributed by atoms with Crippen LogP contribution in [0.2, 0.25) is 0 Å². The second kappa shape index (κ2) is 12.1. The summed E-state index contributed by atoms with van der Waals surface area (Å²) >= 11 is 0. The molecule has 0 aliphatic heterocycles. The lowest BCUT2D eigenvalue weighted by molar-refractivity contribution is -0.122. The number of hydrogen-bond acceptors (Lipinski definition) is 1. The molecule has 0 aromatic heterocycles. The van der Waals surface area contributed by atoms with Crippen molar-refractivity contribution in [3.63, 3.8) is 0 Å². The fraction of sp³-hybridized carbons (Fsp3) is 0.938. The van der Waals surface area contributed by atoms with E-state index in [0.29, 0.717) is 11.7 Å². The lowest BCUT2D eigenvalue weighted by atomic mass is 9.96. The van der Waals surface area contributed by atoms with Crippen LogP contribution in [0.1, 0.15) is 91.4 Å². The van der Waals surface area contributed by atoms with E-state index in [2.05, 4.69) is 20.8 Å². The molecule has 0 amide bonds. The van der Waals surface area contributed by atoms with E-state index in [-0.39, 0.29) is 0 Å². The summed E-state index contributed by atoms with van der Waals surface area (Å²) in [5.41, 5.74) is 0. The first kappa shape index (κ1) is 16.7.